The van der Waals surface area contributed by atoms with Gasteiger partial charge in [-0.2, -0.15) is 0 Å². The van der Waals surface area contributed by atoms with E-state index in [0.29, 0.717) is 5.92 Å². The van der Waals surface area contributed by atoms with Crippen LogP contribution in [0.2, 0.25) is 0 Å². The molecule has 1 aliphatic rings. The highest BCUT2D eigenvalue weighted by Crippen LogP contribution is 2.19. The summed E-state index contributed by atoms with van der Waals surface area (Å²) in [5.41, 5.74) is 1.01. The number of methoxy groups -OCH3 is 1. The minimum absolute atomic E-state index is 0.0899. The number of ether oxygens (including phenoxy) is 1. The van der Waals surface area contributed by atoms with Gasteiger partial charge in [-0.3, -0.25) is 4.79 Å². The maximum atomic E-state index is 12.0. The zero-order valence-electron chi connectivity index (χ0n) is 10.9. The normalized spacial score (nSPS) is 16.8. The first-order chi connectivity index (χ1) is 8.70. The Morgan fingerprint density at radius 3 is 2.61 bits per heavy atom. The molecule has 0 bridgehead atoms. The average Bonchev–Trinajstić information content (AvgIpc) is 2.36. The molecule has 4 heteroatoms. The predicted molar refractivity (Wildman–Crippen MR) is 70.8 cm³/mol. The molecule has 0 saturated carbocycles. The molecule has 1 aliphatic heterocycles. The van der Waals surface area contributed by atoms with Gasteiger partial charge in [0, 0.05) is 25.6 Å². The molecule has 0 aromatic heterocycles. The van der Waals surface area contributed by atoms with Crippen LogP contribution in [0.1, 0.15) is 18.4 Å². The molecule has 1 aromatic rings. The van der Waals surface area contributed by atoms with Crippen LogP contribution in [0.25, 0.3) is 0 Å². The average molecular weight is 248 g/mol. The molecule has 2 rings (SSSR count). The Balaban J connectivity index is 1.87. The third-order valence-electron chi connectivity index (χ3n) is 3.44. The zero-order chi connectivity index (χ0) is 13.0. The smallest absolute Gasteiger partial charge is 0.227 e. The highest BCUT2D eigenvalue weighted by molar-refractivity contribution is 5.83. The summed E-state index contributed by atoms with van der Waals surface area (Å²) in [4.78, 5) is 12.0. The largest absolute Gasteiger partial charge is 0.497 e. The van der Waals surface area contributed by atoms with Gasteiger partial charge in [0.25, 0.3) is 0 Å². The van der Waals surface area contributed by atoms with Gasteiger partial charge in [0.05, 0.1) is 13.0 Å². The van der Waals surface area contributed by atoms with E-state index in [-0.39, 0.29) is 11.8 Å². The lowest BCUT2D eigenvalue weighted by Gasteiger charge is -2.27. The lowest BCUT2D eigenvalue weighted by atomic mass is 9.99. The molecule has 1 atom stereocenters. The third-order valence-corrected chi connectivity index (χ3v) is 3.44. The number of carbonyl (C=O) groups excluding carboxylic acids is 1. The van der Waals surface area contributed by atoms with Crippen molar-refractivity contribution in [1.82, 2.24) is 10.6 Å². The first-order valence-corrected chi connectivity index (χ1v) is 6.33. The standard InChI is InChI=1S/C14H20N2O2/c1-10(12-3-5-13(18-2)6-4-12)14(17)16-9-11-7-15-8-11/h3-6,10-11,15H,7-9H2,1-2H3,(H,16,17). The van der Waals surface area contributed by atoms with E-state index >= 15 is 0 Å². The van der Waals surface area contributed by atoms with Crippen LogP contribution in [-0.2, 0) is 4.79 Å². The molecule has 0 radical (unpaired) electrons. The quantitative estimate of drug-likeness (QED) is 0.821. The monoisotopic (exact) mass is 248 g/mol. The summed E-state index contributed by atoms with van der Waals surface area (Å²) in [6, 6.07) is 7.64. The van der Waals surface area contributed by atoms with Crippen molar-refractivity contribution in [3.63, 3.8) is 0 Å². The van der Waals surface area contributed by atoms with Crippen molar-refractivity contribution in [2.75, 3.05) is 26.7 Å². The lowest BCUT2D eigenvalue weighted by molar-refractivity contribution is -0.122. The molecule has 1 unspecified atom stereocenters. The molecule has 2 N–H and O–H groups in total. The van der Waals surface area contributed by atoms with E-state index in [1.807, 2.05) is 31.2 Å². The molecule has 18 heavy (non-hydrogen) atoms. The second kappa shape index (κ2) is 5.87. The summed E-state index contributed by atoms with van der Waals surface area (Å²) in [5.74, 6) is 1.37. The highest BCUT2D eigenvalue weighted by atomic mass is 16.5. The van der Waals surface area contributed by atoms with Crippen LogP contribution in [0.15, 0.2) is 24.3 Å². The number of nitrogens with one attached hydrogen (secondary N) is 2. The predicted octanol–water partition coefficient (Wildman–Crippen LogP) is 1.13. The molecular weight excluding hydrogens is 228 g/mol. The fraction of sp³-hybridized carbons (Fsp3) is 0.500. The zero-order valence-corrected chi connectivity index (χ0v) is 10.9. The van der Waals surface area contributed by atoms with Crippen molar-refractivity contribution >= 4 is 5.91 Å². The summed E-state index contributed by atoms with van der Waals surface area (Å²) < 4.78 is 5.10. The van der Waals surface area contributed by atoms with E-state index in [1.165, 1.54) is 0 Å². The maximum absolute atomic E-state index is 12.0. The Labute approximate surface area is 108 Å². The first kappa shape index (κ1) is 12.9. The van der Waals surface area contributed by atoms with Crippen molar-refractivity contribution in [3.8, 4) is 5.75 Å². The minimum Gasteiger partial charge on any atom is -0.497 e. The van der Waals surface area contributed by atoms with Crippen molar-refractivity contribution in [1.29, 1.82) is 0 Å². The maximum Gasteiger partial charge on any atom is 0.227 e. The summed E-state index contributed by atoms with van der Waals surface area (Å²) >= 11 is 0. The first-order valence-electron chi connectivity index (χ1n) is 6.33. The van der Waals surface area contributed by atoms with Gasteiger partial charge in [-0.1, -0.05) is 12.1 Å². The molecule has 1 aromatic carbocycles. The Morgan fingerprint density at radius 2 is 2.11 bits per heavy atom. The second-order valence-corrected chi connectivity index (χ2v) is 4.76. The Morgan fingerprint density at radius 1 is 1.44 bits per heavy atom. The van der Waals surface area contributed by atoms with Crippen LogP contribution in [0, 0.1) is 5.92 Å². The van der Waals surface area contributed by atoms with Gasteiger partial charge in [0.15, 0.2) is 0 Å². The van der Waals surface area contributed by atoms with Gasteiger partial charge in [-0.25, -0.2) is 0 Å². The Kier molecular flexibility index (Phi) is 4.20. The van der Waals surface area contributed by atoms with Gasteiger partial charge < -0.3 is 15.4 Å². The van der Waals surface area contributed by atoms with E-state index in [0.717, 1.165) is 30.9 Å². The SMILES string of the molecule is COc1ccc(C(C)C(=O)NCC2CNC2)cc1. The van der Waals surface area contributed by atoms with E-state index in [9.17, 15) is 4.79 Å². The van der Waals surface area contributed by atoms with Gasteiger partial charge in [-0.15, -0.1) is 0 Å². The Hall–Kier alpha value is -1.55. The number of carbonyl (C=O) groups is 1. The fourth-order valence-electron chi connectivity index (χ4n) is 1.93. The van der Waals surface area contributed by atoms with Crippen LogP contribution >= 0.6 is 0 Å². The van der Waals surface area contributed by atoms with E-state index in [2.05, 4.69) is 10.6 Å². The number of benzene rings is 1. The van der Waals surface area contributed by atoms with Gasteiger partial charge in [0.1, 0.15) is 5.75 Å². The molecular formula is C14H20N2O2. The summed E-state index contributed by atoms with van der Waals surface area (Å²) in [7, 11) is 1.64. The highest BCUT2D eigenvalue weighted by Gasteiger charge is 2.20. The van der Waals surface area contributed by atoms with Crippen LogP contribution in [-0.4, -0.2) is 32.7 Å². The van der Waals surface area contributed by atoms with Crippen LogP contribution < -0.4 is 15.4 Å². The fourth-order valence-corrected chi connectivity index (χ4v) is 1.93. The molecule has 4 nitrogen and oxygen atoms in total. The molecule has 0 aliphatic carbocycles. The van der Waals surface area contributed by atoms with Gasteiger partial charge >= 0.3 is 0 Å². The number of hydrogen-bond donors (Lipinski definition) is 2. The van der Waals surface area contributed by atoms with Crippen molar-refractivity contribution in [2.45, 2.75) is 12.8 Å². The van der Waals surface area contributed by atoms with Crippen molar-refractivity contribution < 1.29 is 9.53 Å². The number of rotatable bonds is 5. The Bertz CT molecular complexity index is 399. The summed E-state index contributed by atoms with van der Waals surface area (Å²) in [5, 5.41) is 6.19. The molecule has 1 amide bonds. The molecule has 98 valence electrons. The van der Waals surface area contributed by atoms with E-state index in [4.69, 9.17) is 4.74 Å². The van der Waals surface area contributed by atoms with Crippen molar-refractivity contribution in [2.24, 2.45) is 5.92 Å². The molecule has 1 fully saturated rings. The molecule has 1 heterocycles. The van der Waals surface area contributed by atoms with Gasteiger partial charge in [-0.05, 0) is 24.6 Å². The lowest BCUT2D eigenvalue weighted by Crippen LogP contribution is -2.48. The van der Waals surface area contributed by atoms with E-state index in [1.54, 1.807) is 7.11 Å². The van der Waals surface area contributed by atoms with Crippen molar-refractivity contribution in [3.05, 3.63) is 29.8 Å². The molecule has 1 saturated heterocycles. The van der Waals surface area contributed by atoms with Crippen LogP contribution in [0.5, 0.6) is 5.75 Å². The van der Waals surface area contributed by atoms with Gasteiger partial charge in [0.2, 0.25) is 5.91 Å². The van der Waals surface area contributed by atoms with Crippen LogP contribution in [0.3, 0.4) is 0 Å². The van der Waals surface area contributed by atoms with Crippen LogP contribution in [0.4, 0.5) is 0 Å². The summed E-state index contributed by atoms with van der Waals surface area (Å²) in [6.45, 7) is 4.72. The number of hydrogen-bond acceptors (Lipinski definition) is 3. The number of amides is 1. The topological polar surface area (TPSA) is 50.4 Å². The summed E-state index contributed by atoms with van der Waals surface area (Å²) in [6.07, 6.45) is 0. The second-order valence-electron chi connectivity index (χ2n) is 4.76. The van der Waals surface area contributed by atoms with E-state index < -0.39 is 0 Å². The minimum atomic E-state index is -0.121. The molecule has 0 spiro atoms. The third kappa shape index (κ3) is 3.01.